The second kappa shape index (κ2) is 3.87. The molecule has 0 bridgehead atoms. The summed E-state index contributed by atoms with van der Waals surface area (Å²) in [6, 6.07) is 0.900. The van der Waals surface area contributed by atoms with E-state index in [1.807, 2.05) is 18.8 Å². The Labute approximate surface area is 93.0 Å². The summed E-state index contributed by atoms with van der Waals surface area (Å²) in [5.74, 6) is 0. The van der Waals surface area contributed by atoms with Crippen molar-refractivity contribution in [2.24, 2.45) is 0 Å². The van der Waals surface area contributed by atoms with Gasteiger partial charge in [-0.05, 0) is 24.8 Å². The van der Waals surface area contributed by atoms with Crippen molar-refractivity contribution in [3.05, 3.63) is 22.8 Å². The van der Waals surface area contributed by atoms with Crippen molar-refractivity contribution in [2.75, 3.05) is 18.8 Å². The third-order valence-electron chi connectivity index (χ3n) is 1.74. The lowest BCUT2D eigenvalue weighted by Crippen LogP contribution is -2.09. The van der Waals surface area contributed by atoms with Crippen molar-refractivity contribution in [1.82, 2.24) is 4.98 Å². The standard InChI is InChI=1S/C9H11ClF3NS/c1-15(2,3)8-7(10)6(4-5-14-8)9(11,12)13/h4-5H,1-3H3. The van der Waals surface area contributed by atoms with Crippen LogP contribution in [0.5, 0.6) is 0 Å². The molecule has 0 atom stereocenters. The van der Waals surface area contributed by atoms with Crippen LogP contribution in [0, 0.1) is 0 Å². The Kier molecular flexibility index (Phi) is 3.26. The number of halogens is 4. The van der Waals surface area contributed by atoms with E-state index in [-0.39, 0.29) is 5.02 Å². The molecule has 0 fully saturated rings. The second-order valence-corrected chi connectivity index (χ2v) is 8.25. The van der Waals surface area contributed by atoms with Gasteiger partial charge in [-0.1, -0.05) is 11.6 Å². The fourth-order valence-electron chi connectivity index (χ4n) is 1.07. The molecular weight excluding hydrogens is 247 g/mol. The molecule has 1 aromatic heterocycles. The smallest absolute Gasteiger partial charge is 0.250 e. The maximum atomic E-state index is 12.5. The van der Waals surface area contributed by atoms with Crippen LogP contribution in [0.3, 0.4) is 0 Å². The summed E-state index contributed by atoms with van der Waals surface area (Å²) >= 11 is 5.72. The molecule has 1 heterocycles. The van der Waals surface area contributed by atoms with Gasteiger partial charge in [-0.15, -0.1) is 0 Å². The molecule has 0 N–H and O–H groups in total. The first-order chi connectivity index (χ1) is 6.64. The van der Waals surface area contributed by atoms with Crippen LogP contribution in [0.2, 0.25) is 5.02 Å². The van der Waals surface area contributed by atoms with Gasteiger partial charge in [0.1, 0.15) is 0 Å². The molecule has 0 aliphatic rings. The Balaban J connectivity index is 3.37. The number of nitrogens with zero attached hydrogens (tertiary/aromatic N) is 1. The van der Waals surface area contributed by atoms with Crippen LogP contribution in [-0.2, 0) is 6.18 Å². The lowest BCUT2D eigenvalue weighted by Gasteiger charge is -2.26. The van der Waals surface area contributed by atoms with Gasteiger partial charge in [0.05, 0.1) is 15.6 Å². The molecule has 0 amide bonds. The Morgan fingerprint density at radius 3 is 2.20 bits per heavy atom. The van der Waals surface area contributed by atoms with Gasteiger partial charge in [-0.3, -0.25) is 0 Å². The quantitative estimate of drug-likeness (QED) is 0.746. The first-order valence-electron chi connectivity index (χ1n) is 4.04. The summed E-state index contributed by atoms with van der Waals surface area (Å²) in [5.41, 5.74) is -0.809. The van der Waals surface area contributed by atoms with Crippen molar-refractivity contribution in [1.29, 1.82) is 0 Å². The third-order valence-corrected chi connectivity index (χ3v) is 3.71. The minimum absolute atomic E-state index is 0.271. The van der Waals surface area contributed by atoms with Crippen molar-refractivity contribution in [2.45, 2.75) is 11.2 Å². The zero-order valence-corrected chi connectivity index (χ0v) is 10.1. The number of rotatable bonds is 1. The first-order valence-corrected chi connectivity index (χ1v) is 7.27. The maximum Gasteiger partial charge on any atom is 0.417 e. The summed E-state index contributed by atoms with van der Waals surface area (Å²) in [7, 11) is -1.36. The number of hydrogen-bond donors (Lipinski definition) is 0. The Hall–Kier alpha value is -0.420. The molecule has 0 saturated heterocycles. The molecule has 0 unspecified atom stereocenters. The van der Waals surface area contributed by atoms with Gasteiger partial charge in [0.25, 0.3) is 0 Å². The average Bonchev–Trinajstić information content (AvgIpc) is 1.99. The van der Waals surface area contributed by atoms with Gasteiger partial charge in [0, 0.05) is 6.20 Å². The van der Waals surface area contributed by atoms with E-state index in [0.29, 0.717) is 5.03 Å². The maximum absolute atomic E-state index is 12.5. The van der Waals surface area contributed by atoms with E-state index >= 15 is 0 Å². The molecule has 0 saturated carbocycles. The number of pyridine rings is 1. The number of hydrogen-bond acceptors (Lipinski definition) is 1. The summed E-state index contributed by atoms with van der Waals surface area (Å²) < 4.78 is 37.5. The molecule has 0 spiro atoms. The van der Waals surface area contributed by atoms with Crippen LogP contribution < -0.4 is 0 Å². The molecule has 6 heteroatoms. The fourth-order valence-corrected chi connectivity index (χ4v) is 3.01. The van der Waals surface area contributed by atoms with E-state index in [1.165, 1.54) is 0 Å². The van der Waals surface area contributed by atoms with Crippen LogP contribution in [-0.4, -0.2) is 23.8 Å². The van der Waals surface area contributed by atoms with E-state index < -0.39 is 21.8 Å². The highest BCUT2D eigenvalue weighted by Crippen LogP contribution is 2.50. The van der Waals surface area contributed by atoms with Gasteiger partial charge >= 0.3 is 6.18 Å². The lowest BCUT2D eigenvalue weighted by molar-refractivity contribution is -0.137. The molecule has 0 aromatic carbocycles. The summed E-state index contributed by atoms with van der Waals surface area (Å²) in [6.45, 7) is 0. The fraction of sp³-hybridized carbons (Fsp3) is 0.444. The molecule has 1 aromatic rings. The van der Waals surface area contributed by atoms with Crippen LogP contribution in [0.25, 0.3) is 0 Å². The number of aromatic nitrogens is 1. The minimum atomic E-state index is -4.42. The largest absolute Gasteiger partial charge is 0.417 e. The van der Waals surface area contributed by atoms with E-state index in [0.717, 1.165) is 12.3 Å². The Bertz CT molecular complexity index is 338. The van der Waals surface area contributed by atoms with Gasteiger partial charge in [-0.2, -0.15) is 13.2 Å². The van der Waals surface area contributed by atoms with Crippen LogP contribution in [0.15, 0.2) is 17.3 Å². The molecular formula is C9H11ClF3NS. The predicted molar refractivity (Wildman–Crippen MR) is 57.9 cm³/mol. The van der Waals surface area contributed by atoms with Gasteiger partial charge < -0.3 is 0 Å². The average molecular weight is 258 g/mol. The van der Waals surface area contributed by atoms with E-state index in [1.54, 1.807) is 0 Å². The molecule has 86 valence electrons. The van der Waals surface area contributed by atoms with Crippen molar-refractivity contribution >= 4 is 21.6 Å². The number of alkyl halides is 3. The zero-order valence-electron chi connectivity index (χ0n) is 8.52. The predicted octanol–water partition coefficient (Wildman–Crippen LogP) is 3.81. The summed E-state index contributed by atoms with van der Waals surface area (Å²) in [5, 5.41) is 0.0755. The highest BCUT2D eigenvalue weighted by molar-refractivity contribution is 8.32. The monoisotopic (exact) mass is 257 g/mol. The lowest BCUT2D eigenvalue weighted by atomic mass is 10.2. The molecule has 1 nitrogen and oxygen atoms in total. The van der Waals surface area contributed by atoms with Crippen molar-refractivity contribution in [3.63, 3.8) is 0 Å². The molecule has 15 heavy (non-hydrogen) atoms. The molecule has 0 radical (unpaired) electrons. The van der Waals surface area contributed by atoms with Crippen molar-refractivity contribution in [3.8, 4) is 0 Å². The summed E-state index contributed by atoms with van der Waals surface area (Å²) in [4.78, 5) is 3.93. The Morgan fingerprint density at radius 1 is 1.27 bits per heavy atom. The highest BCUT2D eigenvalue weighted by Gasteiger charge is 2.35. The van der Waals surface area contributed by atoms with Crippen molar-refractivity contribution < 1.29 is 13.2 Å². The first kappa shape index (κ1) is 12.6. The van der Waals surface area contributed by atoms with Crippen LogP contribution in [0.1, 0.15) is 5.56 Å². The van der Waals surface area contributed by atoms with E-state index in [4.69, 9.17) is 11.6 Å². The molecule has 0 aliphatic heterocycles. The van der Waals surface area contributed by atoms with E-state index in [2.05, 4.69) is 4.98 Å². The Morgan fingerprint density at radius 2 is 1.80 bits per heavy atom. The van der Waals surface area contributed by atoms with Gasteiger partial charge in [-0.25, -0.2) is 15.0 Å². The van der Waals surface area contributed by atoms with Crippen LogP contribution in [0.4, 0.5) is 13.2 Å². The highest BCUT2D eigenvalue weighted by atomic mass is 35.5. The topological polar surface area (TPSA) is 12.9 Å². The molecule has 0 aliphatic carbocycles. The molecule has 1 rings (SSSR count). The van der Waals surface area contributed by atoms with E-state index in [9.17, 15) is 13.2 Å². The normalized spacial score (nSPS) is 14.1. The third kappa shape index (κ3) is 2.78. The summed E-state index contributed by atoms with van der Waals surface area (Å²) in [6.07, 6.45) is 2.28. The van der Waals surface area contributed by atoms with Gasteiger partial charge in [0.2, 0.25) is 0 Å². The SMILES string of the molecule is CS(C)(C)c1nccc(C(F)(F)F)c1Cl. The second-order valence-electron chi connectivity index (χ2n) is 3.81. The van der Waals surface area contributed by atoms with Crippen LogP contribution >= 0.6 is 21.6 Å². The minimum Gasteiger partial charge on any atom is -0.250 e. The zero-order chi connectivity index (χ0) is 11.9. The van der Waals surface area contributed by atoms with Gasteiger partial charge in [0.15, 0.2) is 0 Å².